The molecule has 1 N–H and O–H groups in total. The lowest BCUT2D eigenvalue weighted by atomic mass is 10.2. The molecule has 0 spiro atoms. The fourth-order valence-corrected chi connectivity index (χ4v) is 0.970. The van der Waals surface area contributed by atoms with Gasteiger partial charge in [0, 0.05) is 4.90 Å². The first kappa shape index (κ1) is 10.5. The van der Waals surface area contributed by atoms with E-state index in [1.807, 2.05) is 31.2 Å². The molecule has 0 unspecified atom stereocenters. The molecule has 1 aromatic carbocycles. The van der Waals surface area contributed by atoms with Crippen molar-refractivity contribution < 1.29 is 9.59 Å². The number of benzene rings is 1. The predicted octanol–water partition coefficient (Wildman–Crippen LogP) is 3.13. The third-order valence-electron chi connectivity index (χ3n) is 1.15. The molecule has 0 radical (unpaired) electrons. The Hall–Kier alpha value is -0.510. The summed E-state index contributed by atoms with van der Waals surface area (Å²) in [6.45, 7) is 2.01. The minimum absolute atomic E-state index is 0. The standard InChI is InChI=1S/C7H8O2S.CH4/c1-6-2-4-7(5-3-6)10-9-8;/h2-5,8H,1H3;1H4. The van der Waals surface area contributed by atoms with Crippen molar-refractivity contribution in [3.05, 3.63) is 29.8 Å². The first-order valence-corrected chi connectivity index (χ1v) is 3.62. The van der Waals surface area contributed by atoms with Crippen molar-refractivity contribution in [3.63, 3.8) is 0 Å². The Bertz CT molecular complexity index is 196. The van der Waals surface area contributed by atoms with Crippen LogP contribution in [-0.2, 0) is 4.33 Å². The highest BCUT2D eigenvalue weighted by Crippen LogP contribution is 2.17. The Kier molecular flexibility index (Phi) is 4.94. The van der Waals surface area contributed by atoms with Gasteiger partial charge < -0.3 is 0 Å². The summed E-state index contributed by atoms with van der Waals surface area (Å²) in [7, 11) is 0. The van der Waals surface area contributed by atoms with E-state index in [9.17, 15) is 0 Å². The third kappa shape index (κ3) is 3.41. The molecule has 0 atom stereocenters. The molecule has 0 amide bonds. The van der Waals surface area contributed by atoms with Crippen LogP contribution in [0.4, 0.5) is 0 Å². The molecule has 0 aliphatic carbocycles. The van der Waals surface area contributed by atoms with E-state index in [0.717, 1.165) is 16.9 Å². The summed E-state index contributed by atoms with van der Waals surface area (Å²) in [5.41, 5.74) is 1.20. The molecule has 1 rings (SSSR count). The van der Waals surface area contributed by atoms with E-state index in [2.05, 4.69) is 4.33 Å². The van der Waals surface area contributed by atoms with Gasteiger partial charge in [0.25, 0.3) is 0 Å². The molecule has 0 aliphatic heterocycles. The number of hydrogen-bond acceptors (Lipinski definition) is 3. The van der Waals surface area contributed by atoms with E-state index < -0.39 is 0 Å². The van der Waals surface area contributed by atoms with Crippen LogP contribution in [0.1, 0.15) is 13.0 Å². The van der Waals surface area contributed by atoms with Gasteiger partial charge in [-0.2, -0.15) is 4.33 Å². The van der Waals surface area contributed by atoms with Crippen LogP contribution in [0.5, 0.6) is 0 Å². The van der Waals surface area contributed by atoms with Gasteiger partial charge in [-0.05, 0) is 19.1 Å². The summed E-state index contributed by atoms with van der Waals surface area (Å²) in [6.07, 6.45) is 0. The van der Waals surface area contributed by atoms with E-state index in [1.54, 1.807) is 0 Å². The fraction of sp³-hybridized carbons (Fsp3) is 0.250. The van der Waals surface area contributed by atoms with E-state index in [1.165, 1.54) is 5.56 Å². The molecular weight excluding hydrogens is 160 g/mol. The van der Waals surface area contributed by atoms with Gasteiger partial charge in [0.1, 0.15) is 0 Å². The van der Waals surface area contributed by atoms with Crippen molar-refractivity contribution in [1.29, 1.82) is 0 Å². The van der Waals surface area contributed by atoms with E-state index in [-0.39, 0.29) is 7.43 Å². The zero-order valence-electron chi connectivity index (χ0n) is 5.57. The smallest absolute Gasteiger partial charge is 0.0679 e. The second-order valence-electron chi connectivity index (χ2n) is 1.97. The van der Waals surface area contributed by atoms with Crippen LogP contribution in [0.2, 0.25) is 0 Å². The van der Waals surface area contributed by atoms with Crippen LogP contribution >= 0.6 is 12.0 Å². The number of rotatable bonds is 2. The van der Waals surface area contributed by atoms with Gasteiger partial charge in [-0.25, -0.2) is 5.26 Å². The molecule has 11 heavy (non-hydrogen) atoms. The maximum Gasteiger partial charge on any atom is 0.0679 e. The lowest BCUT2D eigenvalue weighted by Gasteiger charge is -1.95. The summed E-state index contributed by atoms with van der Waals surface area (Å²) in [5, 5.41) is 8.05. The highest BCUT2D eigenvalue weighted by molar-refractivity contribution is 7.94. The Morgan fingerprint density at radius 3 is 2.27 bits per heavy atom. The largest absolute Gasteiger partial charge is 0.239 e. The quantitative estimate of drug-likeness (QED) is 0.422. The molecule has 0 fully saturated rings. The van der Waals surface area contributed by atoms with Crippen molar-refractivity contribution in [2.75, 3.05) is 0 Å². The topological polar surface area (TPSA) is 29.5 Å². The first-order valence-electron chi connectivity index (χ1n) is 2.87. The Labute approximate surface area is 71.3 Å². The van der Waals surface area contributed by atoms with Crippen LogP contribution < -0.4 is 0 Å². The van der Waals surface area contributed by atoms with E-state index in [4.69, 9.17) is 5.26 Å². The van der Waals surface area contributed by atoms with Crippen molar-refractivity contribution in [2.24, 2.45) is 0 Å². The average Bonchev–Trinajstić information content (AvgIpc) is 1.95. The van der Waals surface area contributed by atoms with Crippen LogP contribution in [0, 0.1) is 6.92 Å². The molecule has 1 aromatic rings. The molecule has 0 bridgehead atoms. The van der Waals surface area contributed by atoms with Crippen molar-refractivity contribution in [1.82, 2.24) is 0 Å². The summed E-state index contributed by atoms with van der Waals surface area (Å²) in [4.78, 5) is 0.896. The Morgan fingerprint density at radius 1 is 1.27 bits per heavy atom. The van der Waals surface area contributed by atoms with E-state index in [0.29, 0.717) is 0 Å². The van der Waals surface area contributed by atoms with Gasteiger partial charge in [0.2, 0.25) is 0 Å². The van der Waals surface area contributed by atoms with Crippen LogP contribution in [0.15, 0.2) is 29.2 Å². The first-order chi connectivity index (χ1) is 4.83. The second-order valence-corrected chi connectivity index (χ2v) is 2.76. The number of hydrogen-bond donors (Lipinski definition) is 1. The molecule has 0 heterocycles. The number of aryl methyl sites for hydroxylation is 1. The van der Waals surface area contributed by atoms with E-state index >= 15 is 0 Å². The highest BCUT2D eigenvalue weighted by Gasteiger charge is 1.90. The zero-order chi connectivity index (χ0) is 7.40. The molecule has 0 saturated heterocycles. The van der Waals surface area contributed by atoms with Crippen molar-refractivity contribution >= 4 is 12.0 Å². The Balaban J connectivity index is 0.000001000. The summed E-state index contributed by atoms with van der Waals surface area (Å²) < 4.78 is 3.88. The van der Waals surface area contributed by atoms with Crippen LogP contribution in [0.3, 0.4) is 0 Å². The molecule has 3 heteroatoms. The summed E-state index contributed by atoms with van der Waals surface area (Å²) >= 11 is 0.940. The minimum Gasteiger partial charge on any atom is -0.239 e. The predicted molar refractivity (Wildman–Crippen MR) is 47.5 cm³/mol. The van der Waals surface area contributed by atoms with Crippen molar-refractivity contribution in [3.8, 4) is 0 Å². The van der Waals surface area contributed by atoms with Gasteiger partial charge >= 0.3 is 0 Å². The fourth-order valence-electron chi connectivity index (χ4n) is 0.637. The SMILES string of the molecule is C.Cc1ccc(SOO)cc1. The molecule has 0 aliphatic rings. The molecule has 62 valence electrons. The summed E-state index contributed by atoms with van der Waals surface area (Å²) in [6, 6.07) is 7.69. The lowest BCUT2D eigenvalue weighted by Crippen LogP contribution is -1.73. The van der Waals surface area contributed by atoms with Gasteiger partial charge in [0.15, 0.2) is 0 Å². The van der Waals surface area contributed by atoms with Gasteiger partial charge in [-0.1, -0.05) is 25.1 Å². The molecule has 2 nitrogen and oxygen atoms in total. The van der Waals surface area contributed by atoms with Crippen LogP contribution in [0.25, 0.3) is 0 Å². The Morgan fingerprint density at radius 2 is 1.82 bits per heavy atom. The van der Waals surface area contributed by atoms with Gasteiger partial charge in [0.05, 0.1) is 12.0 Å². The molecule has 0 aromatic heterocycles. The van der Waals surface area contributed by atoms with Crippen LogP contribution in [-0.4, -0.2) is 5.26 Å². The summed E-state index contributed by atoms with van der Waals surface area (Å²) in [5.74, 6) is 0. The maximum absolute atomic E-state index is 8.05. The highest BCUT2D eigenvalue weighted by atomic mass is 32.2. The zero-order valence-corrected chi connectivity index (χ0v) is 6.39. The second kappa shape index (κ2) is 5.18. The maximum atomic E-state index is 8.05. The normalized spacial score (nSPS) is 8.91. The average molecular weight is 172 g/mol. The van der Waals surface area contributed by atoms with Gasteiger partial charge in [-0.3, -0.25) is 0 Å². The van der Waals surface area contributed by atoms with Gasteiger partial charge in [-0.15, -0.1) is 0 Å². The molecular formula is C8H12O2S. The lowest BCUT2D eigenvalue weighted by molar-refractivity contribution is -0.116. The minimum atomic E-state index is 0. The molecule has 0 saturated carbocycles. The third-order valence-corrected chi connectivity index (χ3v) is 1.69. The monoisotopic (exact) mass is 172 g/mol. The van der Waals surface area contributed by atoms with Crippen molar-refractivity contribution in [2.45, 2.75) is 19.2 Å².